The monoisotopic (exact) mass is 211 g/mol. The SMILES string of the molecule is CCOC(=O)N1[C@@H]2C=CC[C@H]1[C@@H](O)CC2. The summed E-state index contributed by atoms with van der Waals surface area (Å²) < 4.78 is 5.01. The second-order valence-electron chi connectivity index (χ2n) is 4.05. The maximum absolute atomic E-state index is 11.7. The Hall–Kier alpha value is -1.03. The van der Waals surface area contributed by atoms with Crippen molar-refractivity contribution in [1.82, 2.24) is 4.90 Å². The molecule has 0 radical (unpaired) electrons. The molecule has 2 heterocycles. The minimum atomic E-state index is -0.407. The third kappa shape index (κ3) is 1.86. The Morgan fingerprint density at radius 1 is 1.60 bits per heavy atom. The van der Waals surface area contributed by atoms with Gasteiger partial charge >= 0.3 is 6.09 Å². The van der Waals surface area contributed by atoms with Crippen LogP contribution in [0.4, 0.5) is 4.79 Å². The molecule has 3 atom stereocenters. The lowest BCUT2D eigenvalue weighted by Crippen LogP contribution is -2.56. The lowest BCUT2D eigenvalue weighted by atomic mass is 9.87. The molecule has 4 heteroatoms. The molecule has 1 amide bonds. The van der Waals surface area contributed by atoms with Crippen molar-refractivity contribution < 1.29 is 14.6 Å². The van der Waals surface area contributed by atoms with Crippen LogP contribution in [0.2, 0.25) is 0 Å². The van der Waals surface area contributed by atoms with Gasteiger partial charge in [0.05, 0.1) is 24.8 Å². The van der Waals surface area contributed by atoms with Gasteiger partial charge in [0, 0.05) is 0 Å². The standard InChI is InChI=1S/C11H17NO3/c1-2-15-11(14)12-8-4-3-5-9(12)10(13)7-6-8/h3-4,8-10,13H,2,5-7H2,1H3/t8-,9+,10+/m1/s1. The van der Waals surface area contributed by atoms with Gasteiger partial charge in [-0.05, 0) is 26.2 Å². The lowest BCUT2D eigenvalue weighted by Gasteiger charge is -2.44. The fourth-order valence-corrected chi connectivity index (χ4v) is 2.41. The first-order valence-corrected chi connectivity index (χ1v) is 5.54. The average Bonchev–Trinajstić information content (AvgIpc) is 2.24. The topological polar surface area (TPSA) is 49.8 Å². The smallest absolute Gasteiger partial charge is 0.410 e. The van der Waals surface area contributed by atoms with E-state index in [2.05, 4.69) is 0 Å². The van der Waals surface area contributed by atoms with Gasteiger partial charge in [0.2, 0.25) is 0 Å². The zero-order chi connectivity index (χ0) is 10.8. The molecule has 0 aromatic heterocycles. The second kappa shape index (κ2) is 4.23. The molecule has 4 nitrogen and oxygen atoms in total. The molecular weight excluding hydrogens is 194 g/mol. The Labute approximate surface area is 89.5 Å². The third-order valence-corrected chi connectivity index (χ3v) is 3.13. The van der Waals surface area contributed by atoms with Crippen LogP contribution in [0.3, 0.4) is 0 Å². The van der Waals surface area contributed by atoms with Gasteiger partial charge in [-0.25, -0.2) is 4.79 Å². The van der Waals surface area contributed by atoms with Gasteiger partial charge < -0.3 is 9.84 Å². The van der Waals surface area contributed by atoms with Gasteiger partial charge in [0.1, 0.15) is 0 Å². The van der Waals surface area contributed by atoms with E-state index in [0.29, 0.717) is 6.61 Å². The average molecular weight is 211 g/mol. The summed E-state index contributed by atoms with van der Waals surface area (Å²) in [5.41, 5.74) is 0. The maximum Gasteiger partial charge on any atom is 0.410 e. The molecule has 0 saturated carbocycles. The number of carbonyl (C=O) groups excluding carboxylic acids is 1. The molecule has 0 spiro atoms. The summed E-state index contributed by atoms with van der Waals surface area (Å²) in [4.78, 5) is 13.4. The van der Waals surface area contributed by atoms with Crippen molar-refractivity contribution >= 4 is 6.09 Å². The van der Waals surface area contributed by atoms with Crippen LogP contribution in [0.5, 0.6) is 0 Å². The van der Waals surface area contributed by atoms with Crippen LogP contribution in [-0.4, -0.2) is 40.9 Å². The number of fused-ring (bicyclic) bond motifs is 2. The molecule has 1 saturated heterocycles. The van der Waals surface area contributed by atoms with E-state index in [9.17, 15) is 9.90 Å². The van der Waals surface area contributed by atoms with Crippen LogP contribution >= 0.6 is 0 Å². The van der Waals surface area contributed by atoms with Crippen LogP contribution < -0.4 is 0 Å². The van der Waals surface area contributed by atoms with E-state index >= 15 is 0 Å². The fourth-order valence-electron chi connectivity index (χ4n) is 2.41. The highest BCUT2D eigenvalue weighted by molar-refractivity contribution is 5.69. The van der Waals surface area contributed by atoms with Crippen molar-refractivity contribution in [3.05, 3.63) is 12.2 Å². The molecule has 0 aromatic carbocycles. The molecule has 1 fully saturated rings. The molecule has 2 rings (SSSR count). The van der Waals surface area contributed by atoms with Gasteiger partial charge in [0.15, 0.2) is 0 Å². The first kappa shape index (κ1) is 10.5. The summed E-state index contributed by atoms with van der Waals surface area (Å²) in [5, 5.41) is 9.82. The largest absolute Gasteiger partial charge is 0.450 e. The van der Waals surface area contributed by atoms with E-state index in [1.165, 1.54) is 0 Å². The van der Waals surface area contributed by atoms with Gasteiger partial charge in [-0.3, -0.25) is 4.90 Å². The number of ether oxygens (including phenoxy) is 1. The number of amides is 1. The predicted molar refractivity (Wildman–Crippen MR) is 55.4 cm³/mol. The minimum Gasteiger partial charge on any atom is -0.450 e. The molecule has 84 valence electrons. The molecular formula is C11H17NO3. The highest BCUT2D eigenvalue weighted by atomic mass is 16.6. The Kier molecular flexibility index (Phi) is 2.95. The number of hydrogen-bond donors (Lipinski definition) is 1. The van der Waals surface area contributed by atoms with Crippen molar-refractivity contribution in [2.24, 2.45) is 0 Å². The summed E-state index contributed by atoms with van der Waals surface area (Å²) in [6.07, 6.45) is 5.72. The van der Waals surface area contributed by atoms with Crippen molar-refractivity contribution in [3.63, 3.8) is 0 Å². The predicted octanol–water partition coefficient (Wildman–Crippen LogP) is 1.30. The summed E-state index contributed by atoms with van der Waals surface area (Å²) in [6, 6.07) is 0.0269. The Bertz CT molecular complexity index is 277. The van der Waals surface area contributed by atoms with E-state index in [1.54, 1.807) is 11.8 Å². The van der Waals surface area contributed by atoms with Crippen molar-refractivity contribution in [2.75, 3.05) is 6.61 Å². The first-order valence-electron chi connectivity index (χ1n) is 5.54. The second-order valence-corrected chi connectivity index (χ2v) is 4.05. The Balaban J connectivity index is 2.15. The van der Waals surface area contributed by atoms with Crippen LogP contribution in [0.1, 0.15) is 26.2 Å². The van der Waals surface area contributed by atoms with E-state index in [1.807, 2.05) is 12.2 Å². The van der Waals surface area contributed by atoms with Crippen molar-refractivity contribution in [2.45, 2.75) is 44.4 Å². The van der Waals surface area contributed by atoms with Gasteiger partial charge in [-0.1, -0.05) is 12.2 Å². The van der Waals surface area contributed by atoms with Crippen LogP contribution in [0.25, 0.3) is 0 Å². The van der Waals surface area contributed by atoms with E-state index in [-0.39, 0.29) is 18.2 Å². The summed E-state index contributed by atoms with van der Waals surface area (Å²) in [7, 11) is 0. The fraction of sp³-hybridized carbons (Fsp3) is 0.727. The maximum atomic E-state index is 11.7. The number of hydrogen-bond acceptors (Lipinski definition) is 3. The molecule has 0 aliphatic carbocycles. The van der Waals surface area contributed by atoms with Crippen molar-refractivity contribution in [3.8, 4) is 0 Å². The quantitative estimate of drug-likeness (QED) is 0.665. The zero-order valence-corrected chi connectivity index (χ0v) is 8.93. The van der Waals surface area contributed by atoms with E-state index in [0.717, 1.165) is 19.3 Å². The number of aliphatic hydroxyl groups excluding tert-OH is 1. The van der Waals surface area contributed by atoms with Crippen LogP contribution in [0, 0.1) is 0 Å². The zero-order valence-electron chi connectivity index (χ0n) is 8.93. The molecule has 15 heavy (non-hydrogen) atoms. The molecule has 1 N–H and O–H groups in total. The third-order valence-electron chi connectivity index (χ3n) is 3.13. The molecule has 2 aliphatic heterocycles. The van der Waals surface area contributed by atoms with E-state index < -0.39 is 6.10 Å². The number of rotatable bonds is 1. The molecule has 0 aromatic rings. The van der Waals surface area contributed by atoms with Crippen LogP contribution in [-0.2, 0) is 4.74 Å². The highest BCUT2D eigenvalue weighted by Gasteiger charge is 2.40. The van der Waals surface area contributed by atoms with Crippen molar-refractivity contribution in [1.29, 1.82) is 0 Å². The summed E-state index contributed by atoms with van der Waals surface area (Å²) in [5.74, 6) is 0. The summed E-state index contributed by atoms with van der Waals surface area (Å²) in [6.45, 7) is 2.18. The highest BCUT2D eigenvalue weighted by Crippen LogP contribution is 2.30. The summed E-state index contributed by atoms with van der Waals surface area (Å²) >= 11 is 0. The Morgan fingerprint density at radius 3 is 3.13 bits per heavy atom. The first-order chi connectivity index (χ1) is 7.24. The van der Waals surface area contributed by atoms with Gasteiger partial charge in [-0.15, -0.1) is 0 Å². The molecule has 2 aliphatic rings. The minimum absolute atomic E-state index is 0.0900. The van der Waals surface area contributed by atoms with Gasteiger partial charge in [-0.2, -0.15) is 0 Å². The normalized spacial score (nSPS) is 34.0. The molecule has 0 unspecified atom stereocenters. The number of aliphatic hydroxyl groups is 1. The molecule has 2 bridgehead atoms. The Morgan fingerprint density at radius 2 is 2.40 bits per heavy atom. The van der Waals surface area contributed by atoms with E-state index in [4.69, 9.17) is 4.74 Å². The van der Waals surface area contributed by atoms with Crippen LogP contribution in [0.15, 0.2) is 12.2 Å². The number of carbonyl (C=O) groups is 1. The lowest BCUT2D eigenvalue weighted by molar-refractivity contribution is -0.0127. The number of piperidine rings is 1. The number of nitrogens with zero attached hydrogens (tertiary/aromatic N) is 1. The van der Waals surface area contributed by atoms with Gasteiger partial charge in [0.25, 0.3) is 0 Å².